The Morgan fingerprint density at radius 3 is 2.54 bits per heavy atom. The molecule has 13 heavy (non-hydrogen) atoms. The van der Waals surface area contributed by atoms with E-state index < -0.39 is 11.6 Å². The highest BCUT2D eigenvalue weighted by atomic mass is 16.4. The van der Waals surface area contributed by atoms with Crippen molar-refractivity contribution in [2.75, 3.05) is 0 Å². The van der Waals surface area contributed by atoms with Crippen LogP contribution in [0.2, 0.25) is 0 Å². The summed E-state index contributed by atoms with van der Waals surface area (Å²) in [6.07, 6.45) is 3.72. The van der Waals surface area contributed by atoms with Crippen molar-refractivity contribution >= 4 is 5.97 Å². The van der Waals surface area contributed by atoms with Gasteiger partial charge >= 0.3 is 5.97 Å². The molecule has 76 valence electrons. The van der Waals surface area contributed by atoms with Crippen molar-refractivity contribution < 1.29 is 15.0 Å². The van der Waals surface area contributed by atoms with Crippen LogP contribution < -0.4 is 0 Å². The van der Waals surface area contributed by atoms with Gasteiger partial charge in [-0.05, 0) is 44.4 Å². The second-order valence-electron chi connectivity index (χ2n) is 4.43. The van der Waals surface area contributed by atoms with Gasteiger partial charge in [-0.2, -0.15) is 0 Å². The smallest absolute Gasteiger partial charge is 0.335 e. The fourth-order valence-electron chi connectivity index (χ4n) is 1.52. The van der Waals surface area contributed by atoms with E-state index in [0.717, 1.165) is 12.3 Å². The van der Waals surface area contributed by atoms with Crippen LogP contribution in [-0.2, 0) is 4.79 Å². The average Bonchev–Trinajstić information content (AvgIpc) is 2.82. The molecule has 2 atom stereocenters. The SMILES string of the molecule is CC(CCC(C)(O)C(=O)O)C1CC1. The number of aliphatic carboxylic acids is 1. The number of rotatable bonds is 5. The Labute approximate surface area is 78.8 Å². The Balaban J connectivity index is 2.27. The van der Waals surface area contributed by atoms with Crippen molar-refractivity contribution in [2.24, 2.45) is 11.8 Å². The Kier molecular flexibility index (Phi) is 2.96. The zero-order chi connectivity index (χ0) is 10.1. The molecule has 3 heteroatoms. The Hall–Kier alpha value is -0.570. The van der Waals surface area contributed by atoms with Crippen molar-refractivity contribution in [2.45, 2.75) is 45.1 Å². The van der Waals surface area contributed by atoms with Gasteiger partial charge in [-0.15, -0.1) is 0 Å². The van der Waals surface area contributed by atoms with Gasteiger partial charge in [0.1, 0.15) is 0 Å². The first-order chi connectivity index (χ1) is 5.93. The molecule has 1 fully saturated rings. The second kappa shape index (κ2) is 3.66. The molecule has 0 bridgehead atoms. The predicted molar refractivity (Wildman–Crippen MR) is 49.4 cm³/mol. The van der Waals surface area contributed by atoms with E-state index >= 15 is 0 Å². The third-order valence-electron chi connectivity index (χ3n) is 2.97. The van der Waals surface area contributed by atoms with E-state index in [9.17, 15) is 9.90 Å². The van der Waals surface area contributed by atoms with E-state index in [1.165, 1.54) is 19.8 Å². The van der Waals surface area contributed by atoms with Gasteiger partial charge in [0.05, 0.1) is 0 Å². The summed E-state index contributed by atoms with van der Waals surface area (Å²) in [5.74, 6) is 0.228. The van der Waals surface area contributed by atoms with Crippen LogP contribution in [0.3, 0.4) is 0 Å². The molecule has 1 aliphatic rings. The normalized spacial score (nSPS) is 23.6. The fourth-order valence-corrected chi connectivity index (χ4v) is 1.52. The Morgan fingerprint density at radius 1 is 1.62 bits per heavy atom. The van der Waals surface area contributed by atoms with Crippen LogP contribution >= 0.6 is 0 Å². The first-order valence-electron chi connectivity index (χ1n) is 4.89. The van der Waals surface area contributed by atoms with E-state index in [-0.39, 0.29) is 0 Å². The minimum atomic E-state index is -1.54. The van der Waals surface area contributed by atoms with Crippen LogP contribution in [-0.4, -0.2) is 21.8 Å². The lowest BCUT2D eigenvalue weighted by Crippen LogP contribution is -2.35. The molecule has 2 unspecified atom stereocenters. The van der Waals surface area contributed by atoms with Crippen molar-refractivity contribution in [1.29, 1.82) is 0 Å². The molecule has 1 rings (SSSR count). The molecule has 0 radical (unpaired) electrons. The second-order valence-corrected chi connectivity index (χ2v) is 4.43. The van der Waals surface area contributed by atoms with E-state index in [4.69, 9.17) is 5.11 Å². The van der Waals surface area contributed by atoms with Crippen molar-refractivity contribution in [1.82, 2.24) is 0 Å². The maximum Gasteiger partial charge on any atom is 0.335 e. The lowest BCUT2D eigenvalue weighted by atomic mass is 9.92. The van der Waals surface area contributed by atoms with Crippen LogP contribution in [0.5, 0.6) is 0 Å². The summed E-state index contributed by atoms with van der Waals surface area (Å²) < 4.78 is 0. The lowest BCUT2D eigenvalue weighted by molar-refractivity contribution is -0.157. The molecule has 0 aromatic rings. The predicted octanol–water partition coefficient (Wildman–Crippen LogP) is 1.65. The highest BCUT2D eigenvalue weighted by molar-refractivity contribution is 5.76. The zero-order valence-corrected chi connectivity index (χ0v) is 8.29. The summed E-state index contributed by atoms with van der Waals surface area (Å²) in [4.78, 5) is 10.6. The third kappa shape index (κ3) is 2.99. The fraction of sp³-hybridized carbons (Fsp3) is 0.900. The quantitative estimate of drug-likeness (QED) is 0.686. The van der Waals surface area contributed by atoms with Crippen LogP contribution in [0.1, 0.15) is 39.5 Å². The van der Waals surface area contributed by atoms with Crippen LogP contribution in [0.15, 0.2) is 0 Å². The molecule has 0 heterocycles. The van der Waals surface area contributed by atoms with Crippen LogP contribution in [0.25, 0.3) is 0 Å². The van der Waals surface area contributed by atoms with Gasteiger partial charge in [0.25, 0.3) is 0 Å². The molecule has 0 spiro atoms. The number of carboxylic acids is 1. The molecular weight excluding hydrogens is 168 g/mol. The molecule has 0 saturated heterocycles. The molecule has 3 nitrogen and oxygen atoms in total. The van der Waals surface area contributed by atoms with E-state index in [1.54, 1.807) is 0 Å². The highest BCUT2D eigenvalue weighted by Gasteiger charge is 2.33. The molecule has 0 aromatic heterocycles. The Bertz CT molecular complexity index is 194. The summed E-state index contributed by atoms with van der Waals surface area (Å²) in [5, 5.41) is 18.1. The number of aliphatic hydroxyl groups is 1. The van der Waals surface area contributed by atoms with Crippen LogP contribution in [0.4, 0.5) is 0 Å². The Morgan fingerprint density at radius 2 is 2.15 bits per heavy atom. The summed E-state index contributed by atoms with van der Waals surface area (Å²) in [6.45, 7) is 3.50. The maximum absolute atomic E-state index is 10.6. The maximum atomic E-state index is 10.6. The monoisotopic (exact) mass is 186 g/mol. The summed E-state index contributed by atoms with van der Waals surface area (Å²) in [6, 6.07) is 0. The largest absolute Gasteiger partial charge is 0.479 e. The van der Waals surface area contributed by atoms with E-state index in [2.05, 4.69) is 6.92 Å². The molecular formula is C10H18O3. The first kappa shape index (κ1) is 10.5. The summed E-state index contributed by atoms with van der Waals surface area (Å²) in [5.41, 5.74) is -1.54. The first-order valence-corrected chi connectivity index (χ1v) is 4.89. The van der Waals surface area contributed by atoms with Gasteiger partial charge in [-0.25, -0.2) is 4.79 Å². The average molecular weight is 186 g/mol. The minimum absolute atomic E-state index is 0.361. The standard InChI is InChI=1S/C10H18O3/c1-7(8-3-4-8)5-6-10(2,13)9(11)12/h7-8,13H,3-6H2,1-2H3,(H,11,12). The van der Waals surface area contributed by atoms with Gasteiger partial charge in [-0.3, -0.25) is 0 Å². The zero-order valence-electron chi connectivity index (χ0n) is 8.29. The minimum Gasteiger partial charge on any atom is -0.479 e. The lowest BCUT2D eigenvalue weighted by Gasteiger charge is -2.19. The molecule has 1 saturated carbocycles. The van der Waals surface area contributed by atoms with E-state index in [0.29, 0.717) is 12.3 Å². The van der Waals surface area contributed by atoms with Gasteiger partial charge < -0.3 is 10.2 Å². The van der Waals surface area contributed by atoms with Crippen molar-refractivity contribution in [3.05, 3.63) is 0 Å². The highest BCUT2D eigenvalue weighted by Crippen LogP contribution is 2.39. The molecule has 0 aromatic carbocycles. The summed E-state index contributed by atoms with van der Waals surface area (Å²) in [7, 11) is 0. The van der Waals surface area contributed by atoms with Gasteiger partial charge in [0.15, 0.2) is 5.60 Å². The van der Waals surface area contributed by atoms with Gasteiger partial charge in [-0.1, -0.05) is 6.92 Å². The third-order valence-corrected chi connectivity index (χ3v) is 2.97. The molecule has 0 amide bonds. The number of hydrogen-bond donors (Lipinski definition) is 2. The van der Waals surface area contributed by atoms with Crippen molar-refractivity contribution in [3.63, 3.8) is 0 Å². The summed E-state index contributed by atoms with van der Waals surface area (Å²) >= 11 is 0. The number of carboxylic acid groups (broad SMARTS) is 1. The van der Waals surface area contributed by atoms with Gasteiger partial charge in [0.2, 0.25) is 0 Å². The van der Waals surface area contributed by atoms with Gasteiger partial charge in [0, 0.05) is 0 Å². The van der Waals surface area contributed by atoms with E-state index in [1.807, 2.05) is 0 Å². The molecule has 0 aliphatic heterocycles. The molecule has 2 N–H and O–H groups in total. The van der Waals surface area contributed by atoms with Crippen molar-refractivity contribution in [3.8, 4) is 0 Å². The topological polar surface area (TPSA) is 57.5 Å². The molecule has 1 aliphatic carbocycles. The number of hydrogen-bond acceptors (Lipinski definition) is 2. The number of carbonyl (C=O) groups is 1. The van der Waals surface area contributed by atoms with Crippen LogP contribution in [0, 0.1) is 11.8 Å².